The fraction of sp³-hybridized carbons (Fsp3) is 0.923. The molecule has 0 bridgehead atoms. The van der Waals surface area contributed by atoms with Gasteiger partial charge in [0, 0.05) is 18.9 Å². The van der Waals surface area contributed by atoms with E-state index in [1.54, 1.807) is 0 Å². The van der Waals surface area contributed by atoms with Crippen LogP contribution in [-0.4, -0.2) is 18.5 Å². The van der Waals surface area contributed by atoms with E-state index in [0.717, 1.165) is 32.3 Å². The fourth-order valence-corrected chi connectivity index (χ4v) is 2.18. The van der Waals surface area contributed by atoms with E-state index in [-0.39, 0.29) is 5.92 Å². The fourth-order valence-electron chi connectivity index (χ4n) is 2.18. The van der Waals surface area contributed by atoms with Gasteiger partial charge in [0.05, 0.1) is 6.10 Å². The Labute approximate surface area is 93.4 Å². The van der Waals surface area contributed by atoms with Crippen molar-refractivity contribution in [3.8, 4) is 0 Å². The Morgan fingerprint density at radius 3 is 2.87 bits per heavy atom. The third-order valence-corrected chi connectivity index (χ3v) is 3.26. The Balaban J connectivity index is 2.14. The van der Waals surface area contributed by atoms with Crippen molar-refractivity contribution >= 4 is 5.78 Å². The Bertz CT molecular complexity index is 183. The van der Waals surface area contributed by atoms with Crippen LogP contribution in [0, 0.1) is 5.92 Å². The first-order valence-electron chi connectivity index (χ1n) is 6.38. The minimum Gasteiger partial charge on any atom is -0.378 e. The van der Waals surface area contributed by atoms with Crippen LogP contribution in [0.3, 0.4) is 0 Å². The standard InChI is InChI=1S/C13H24O2/c1-3-6-11(2)13(14)9-8-12-7-4-5-10-15-12/h11-12H,3-10H2,1-2H3. The van der Waals surface area contributed by atoms with Crippen molar-refractivity contribution in [3.63, 3.8) is 0 Å². The molecular formula is C13H24O2. The van der Waals surface area contributed by atoms with E-state index < -0.39 is 0 Å². The van der Waals surface area contributed by atoms with Gasteiger partial charge in [-0.15, -0.1) is 0 Å². The summed E-state index contributed by atoms with van der Waals surface area (Å²) in [6, 6.07) is 0. The molecule has 1 saturated heterocycles. The van der Waals surface area contributed by atoms with Crippen molar-refractivity contribution in [3.05, 3.63) is 0 Å². The van der Waals surface area contributed by atoms with Crippen LogP contribution in [0.25, 0.3) is 0 Å². The number of rotatable bonds is 6. The maximum absolute atomic E-state index is 11.7. The molecule has 0 radical (unpaired) electrons. The topological polar surface area (TPSA) is 26.3 Å². The number of carbonyl (C=O) groups excluding carboxylic acids is 1. The van der Waals surface area contributed by atoms with Crippen LogP contribution in [0.15, 0.2) is 0 Å². The highest BCUT2D eigenvalue weighted by Gasteiger charge is 2.17. The molecule has 0 spiro atoms. The van der Waals surface area contributed by atoms with E-state index >= 15 is 0 Å². The van der Waals surface area contributed by atoms with Crippen molar-refractivity contribution in [2.75, 3.05) is 6.61 Å². The van der Waals surface area contributed by atoms with Gasteiger partial charge in [0.2, 0.25) is 0 Å². The smallest absolute Gasteiger partial charge is 0.135 e. The summed E-state index contributed by atoms with van der Waals surface area (Å²) in [7, 11) is 0. The Morgan fingerprint density at radius 2 is 2.27 bits per heavy atom. The first-order valence-corrected chi connectivity index (χ1v) is 6.38. The second-order valence-corrected chi connectivity index (χ2v) is 4.68. The SMILES string of the molecule is CCCC(C)C(=O)CCC1CCCCO1. The van der Waals surface area contributed by atoms with E-state index in [2.05, 4.69) is 6.92 Å². The lowest BCUT2D eigenvalue weighted by atomic mass is 9.95. The average molecular weight is 212 g/mol. The summed E-state index contributed by atoms with van der Waals surface area (Å²) in [5.74, 6) is 0.671. The maximum Gasteiger partial charge on any atom is 0.135 e. The summed E-state index contributed by atoms with van der Waals surface area (Å²) in [6.45, 7) is 5.07. The highest BCUT2D eigenvalue weighted by atomic mass is 16.5. The zero-order valence-corrected chi connectivity index (χ0v) is 10.1. The summed E-state index contributed by atoms with van der Waals surface area (Å²) in [4.78, 5) is 11.7. The molecule has 2 unspecified atom stereocenters. The van der Waals surface area contributed by atoms with Gasteiger partial charge in [0.15, 0.2) is 0 Å². The lowest BCUT2D eigenvalue weighted by Crippen LogP contribution is -2.21. The van der Waals surface area contributed by atoms with Gasteiger partial charge in [-0.25, -0.2) is 0 Å². The van der Waals surface area contributed by atoms with E-state index in [0.29, 0.717) is 18.3 Å². The molecule has 0 aromatic rings. The zero-order chi connectivity index (χ0) is 11.1. The van der Waals surface area contributed by atoms with Crippen LogP contribution in [-0.2, 0) is 9.53 Å². The van der Waals surface area contributed by atoms with Crippen LogP contribution in [0.2, 0.25) is 0 Å². The van der Waals surface area contributed by atoms with Gasteiger partial charge in [0.1, 0.15) is 5.78 Å². The third kappa shape index (κ3) is 4.78. The molecule has 0 amide bonds. The number of hydrogen-bond acceptors (Lipinski definition) is 2. The van der Waals surface area contributed by atoms with E-state index in [1.165, 1.54) is 12.8 Å². The van der Waals surface area contributed by atoms with Crippen molar-refractivity contribution in [2.45, 2.75) is 64.9 Å². The van der Waals surface area contributed by atoms with Crippen molar-refractivity contribution in [1.82, 2.24) is 0 Å². The minimum absolute atomic E-state index is 0.249. The Hall–Kier alpha value is -0.370. The molecule has 0 saturated carbocycles. The summed E-state index contributed by atoms with van der Waals surface area (Å²) in [5, 5.41) is 0. The van der Waals surface area contributed by atoms with Gasteiger partial charge >= 0.3 is 0 Å². The molecule has 2 atom stereocenters. The summed E-state index contributed by atoms with van der Waals surface area (Å²) in [5.41, 5.74) is 0. The molecule has 15 heavy (non-hydrogen) atoms. The Morgan fingerprint density at radius 1 is 1.47 bits per heavy atom. The summed E-state index contributed by atoms with van der Waals surface area (Å²) < 4.78 is 5.62. The predicted octanol–water partition coefficient (Wildman–Crippen LogP) is 3.34. The molecule has 88 valence electrons. The molecule has 1 aliphatic heterocycles. The summed E-state index contributed by atoms with van der Waals surface area (Å²) >= 11 is 0. The predicted molar refractivity (Wildman–Crippen MR) is 61.9 cm³/mol. The van der Waals surface area contributed by atoms with Gasteiger partial charge in [0.25, 0.3) is 0 Å². The van der Waals surface area contributed by atoms with Crippen LogP contribution >= 0.6 is 0 Å². The quantitative estimate of drug-likeness (QED) is 0.675. The van der Waals surface area contributed by atoms with Crippen LogP contribution in [0.1, 0.15) is 58.8 Å². The highest BCUT2D eigenvalue weighted by Crippen LogP contribution is 2.19. The molecule has 1 rings (SSSR count). The first-order chi connectivity index (χ1) is 7.24. The van der Waals surface area contributed by atoms with E-state index in [4.69, 9.17) is 4.74 Å². The lowest BCUT2D eigenvalue weighted by Gasteiger charge is -2.22. The zero-order valence-electron chi connectivity index (χ0n) is 10.1. The van der Waals surface area contributed by atoms with Gasteiger partial charge in [-0.3, -0.25) is 4.79 Å². The monoisotopic (exact) mass is 212 g/mol. The number of ketones is 1. The van der Waals surface area contributed by atoms with E-state index in [9.17, 15) is 4.79 Å². The number of hydrogen-bond donors (Lipinski definition) is 0. The molecule has 0 N–H and O–H groups in total. The number of carbonyl (C=O) groups is 1. The lowest BCUT2D eigenvalue weighted by molar-refractivity contribution is -0.123. The third-order valence-electron chi connectivity index (χ3n) is 3.26. The van der Waals surface area contributed by atoms with Crippen molar-refractivity contribution in [1.29, 1.82) is 0 Å². The van der Waals surface area contributed by atoms with Gasteiger partial charge < -0.3 is 4.74 Å². The molecular weight excluding hydrogens is 188 g/mol. The minimum atomic E-state index is 0.249. The van der Waals surface area contributed by atoms with Crippen LogP contribution < -0.4 is 0 Å². The largest absolute Gasteiger partial charge is 0.378 e. The second-order valence-electron chi connectivity index (χ2n) is 4.68. The van der Waals surface area contributed by atoms with Crippen molar-refractivity contribution in [2.24, 2.45) is 5.92 Å². The maximum atomic E-state index is 11.7. The highest BCUT2D eigenvalue weighted by molar-refractivity contribution is 5.80. The molecule has 2 nitrogen and oxygen atoms in total. The van der Waals surface area contributed by atoms with Crippen molar-refractivity contribution < 1.29 is 9.53 Å². The Kier molecular flexibility index (Phi) is 5.92. The molecule has 1 fully saturated rings. The first kappa shape index (κ1) is 12.7. The van der Waals surface area contributed by atoms with E-state index in [1.807, 2.05) is 6.92 Å². The van der Waals surface area contributed by atoms with Gasteiger partial charge in [-0.1, -0.05) is 20.3 Å². The number of Topliss-reactive ketones (excluding diaryl/α,β-unsaturated/α-hetero) is 1. The second kappa shape index (κ2) is 7.00. The number of ether oxygens (including phenoxy) is 1. The molecule has 0 aliphatic carbocycles. The average Bonchev–Trinajstić information content (AvgIpc) is 2.27. The van der Waals surface area contributed by atoms with Gasteiger partial charge in [-0.2, -0.15) is 0 Å². The molecule has 0 aromatic carbocycles. The van der Waals surface area contributed by atoms with Crippen LogP contribution in [0.5, 0.6) is 0 Å². The van der Waals surface area contributed by atoms with Gasteiger partial charge in [-0.05, 0) is 32.1 Å². The molecule has 0 aromatic heterocycles. The van der Waals surface area contributed by atoms with Crippen LogP contribution in [0.4, 0.5) is 0 Å². The summed E-state index contributed by atoms with van der Waals surface area (Å²) in [6.07, 6.45) is 7.75. The molecule has 2 heteroatoms. The molecule has 1 heterocycles. The molecule has 1 aliphatic rings. The normalized spacial score (nSPS) is 23.7.